The fraction of sp³-hybridized carbons (Fsp3) is 0.412. The summed E-state index contributed by atoms with van der Waals surface area (Å²) in [4.78, 5) is 24.2. The predicted octanol–water partition coefficient (Wildman–Crippen LogP) is 3.03. The smallest absolute Gasteiger partial charge is 0.325 e. The molecule has 0 fully saturated rings. The van der Waals surface area contributed by atoms with Crippen molar-refractivity contribution in [3.63, 3.8) is 0 Å². The lowest BCUT2D eigenvalue weighted by Gasteiger charge is -2.14. The Morgan fingerprint density at radius 2 is 2.14 bits per heavy atom. The minimum atomic E-state index is -0.295. The summed E-state index contributed by atoms with van der Waals surface area (Å²) in [5, 5.41) is 1.10. The number of hydrogen-bond donors (Lipinski definition) is 0. The van der Waals surface area contributed by atoms with Gasteiger partial charge in [0.05, 0.1) is 12.3 Å². The van der Waals surface area contributed by atoms with Gasteiger partial charge in [0.1, 0.15) is 6.54 Å². The average Bonchev–Trinajstić information content (AvgIpc) is 2.74. The van der Waals surface area contributed by atoms with Crippen LogP contribution >= 0.6 is 0 Å². The SMILES string of the molecule is CCOC(=O)Cn1c2c(c3cc(C)ccc31)CCCC2=O. The zero-order valence-corrected chi connectivity index (χ0v) is 12.4. The second-order valence-electron chi connectivity index (χ2n) is 5.52. The molecular formula is C17H19NO3. The third-order valence-corrected chi connectivity index (χ3v) is 4.01. The number of fused-ring (bicyclic) bond motifs is 3. The molecule has 0 amide bonds. The van der Waals surface area contributed by atoms with Crippen LogP contribution < -0.4 is 0 Å². The Morgan fingerprint density at radius 1 is 1.33 bits per heavy atom. The van der Waals surface area contributed by atoms with E-state index in [0.717, 1.165) is 34.9 Å². The van der Waals surface area contributed by atoms with E-state index < -0.39 is 0 Å². The molecule has 2 aromatic rings. The molecule has 0 saturated carbocycles. The Balaban J connectivity index is 2.19. The molecule has 0 unspecified atom stereocenters. The van der Waals surface area contributed by atoms with Gasteiger partial charge in [-0.05, 0) is 44.4 Å². The highest BCUT2D eigenvalue weighted by Crippen LogP contribution is 2.32. The van der Waals surface area contributed by atoms with Gasteiger partial charge in [-0.15, -0.1) is 0 Å². The summed E-state index contributed by atoms with van der Waals surface area (Å²) in [6.07, 6.45) is 2.35. The maximum Gasteiger partial charge on any atom is 0.325 e. The van der Waals surface area contributed by atoms with Crippen LogP contribution in [0, 0.1) is 6.92 Å². The number of rotatable bonds is 3. The van der Waals surface area contributed by atoms with Crippen LogP contribution in [0.1, 0.15) is 41.4 Å². The Morgan fingerprint density at radius 3 is 2.90 bits per heavy atom. The summed E-state index contributed by atoms with van der Waals surface area (Å²) in [5.74, 6) is -0.162. The van der Waals surface area contributed by atoms with Gasteiger partial charge in [-0.3, -0.25) is 9.59 Å². The van der Waals surface area contributed by atoms with Gasteiger partial charge in [0, 0.05) is 17.3 Å². The van der Waals surface area contributed by atoms with E-state index in [0.29, 0.717) is 18.7 Å². The topological polar surface area (TPSA) is 48.3 Å². The van der Waals surface area contributed by atoms with Crippen molar-refractivity contribution in [2.75, 3.05) is 6.61 Å². The maximum atomic E-state index is 12.3. The molecule has 110 valence electrons. The molecule has 0 atom stereocenters. The normalized spacial score (nSPS) is 14.3. The molecule has 0 spiro atoms. The Bertz CT molecular complexity index is 727. The second-order valence-corrected chi connectivity index (χ2v) is 5.52. The molecule has 0 saturated heterocycles. The van der Waals surface area contributed by atoms with Crippen molar-refractivity contribution in [2.45, 2.75) is 39.7 Å². The molecule has 0 radical (unpaired) electrons. The number of carbonyl (C=O) groups is 2. The molecular weight excluding hydrogens is 266 g/mol. The minimum absolute atomic E-state index is 0.106. The van der Waals surface area contributed by atoms with Crippen molar-refractivity contribution >= 4 is 22.7 Å². The number of hydrogen-bond acceptors (Lipinski definition) is 3. The average molecular weight is 285 g/mol. The van der Waals surface area contributed by atoms with E-state index in [2.05, 4.69) is 6.07 Å². The van der Waals surface area contributed by atoms with Crippen LogP contribution in [-0.2, 0) is 22.5 Å². The first-order valence-corrected chi connectivity index (χ1v) is 7.42. The molecule has 0 aliphatic heterocycles. The molecule has 1 aromatic heterocycles. The molecule has 1 heterocycles. The number of nitrogens with zero attached hydrogens (tertiary/aromatic N) is 1. The van der Waals surface area contributed by atoms with Gasteiger partial charge in [0.25, 0.3) is 0 Å². The van der Waals surface area contributed by atoms with Crippen LogP contribution in [0.5, 0.6) is 0 Å². The largest absolute Gasteiger partial charge is 0.465 e. The maximum absolute atomic E-state index is 12.3. The van der Waals surface area contributed by atoms with Crippen LogP contribution in [0.2, 0.25) is 0 Å². The first-order chi connectivity index (χ1) is 10.1. The quantitative estimate of drug-likeness (QED) is 0.814. The minimum Gasteiger partial charge on any atom is -0.465 e. The first kappa shape index (κ1) is 13.9. The lowest BCUT2D eigenvalue weighted by molar-refractivity contribution is -0.143. The van der Waals surface area contributed by atoms with Gasteiger partial charge >= 0.3 is 5.97 Å². The lowest BCUT2D eigenvalue weighted by atomic mass is 9.94. The summed E-state index contributed by atoms with van der Waals surface area (Å²) in [5.41, 5.74) is 3.91. The number of esters is 1. The van der Waals surface area contributed by atoms with Crippen LogP contribution in [-0.4, -0.2) is 22.9 Å². The van der Waals surface area contributed by atoms with Crippen LogP contribution in [0.3, 0.4) is 0 Å². The van der Waals surface area contributed by atoms with E-state index in [4.69, 9.17) is 4.74 Å². The molecule has 0 bridgehead atoms. The standard InChI is InChI=1S/C17H19NO3/c1-3-21-16(20)10-18-14-8-7-11(2)9-13(14)12-5-4-6-15(19)17(12)18/h7-9H,3-6,10H2,1-2H3. The van der Waals surface area contributed by atoms with E-state index in [1.807, 2.05) is 23.6 Å². The van der Waals surface area contributed by atoms with Crippen molar-refractivity contribution < 1.29 is 14.3 Å². The Hall–Kier alpha value is -2.10. The van der Waals surface area contributed by atoms with Crippen molar-refractivity contribution in [1.82, 2.24) is 4.57 Å². The predicted molar refractivity (Wildman–Crippen MR) is 80.6 cm³/mol. The number of ether oxygens (including phenoxy) is 1. The molecule has 0 N–H and O–H groups in total. The number of aromatic nitrogens is 1. The highest BCUT2D eigenvalue weighted by Gasteiger charge is 2.26. The van der Waals surface area contributed by atoms with Crippen molar-refractivity contribution in [3.8, 4) is 0 Å². The molecule has 1 aliphatic rings. The fourth-order valence-electron chi connectivity index (χ4n) is 3.15. The monoisotopic (exact) mass is 285 g/mol. The van der Waals surface area contributed by atoms with Gasteiger partial charge in [0.2, 0.25) is 0 Å². The van der Waals surface area contributed by atoms with Crippen molar-refractivity contribution in [3.05, 3.63) is 35.0 Å². The number of carbonyl (C=O) groups excluding carboxylic acids is 2. The number of ketones is 1. The van der Waals surface area contributed by atoms with Crippen LogP contribution in [0.4, 0.5) is 0 Å². The lowest BCUT2D eigenvalue weighted by Crippen LogP contribution is -2.20. The molecule has 1 aromatic carbocycles. The summed E-state index contributed by atoms with van der Waals surface area (Å²) in [6, 6.07) is 6.11. The van der Waals surface area contributed by atoms with Gasteiger partial charge < -0.3 is 9.30 Å². The van der Waals surface area contributed by atoms with Gasteiger partial charge in [-0.25, -0.2) is 0 Å². The summed E-state index contributed by atoms with van der Waals surface area (Å²) in [7, 11) is 0. The third-order valence-electron chi connectivity index (χ3n) is 4.01. The molecule has 4 heteroatoms. The van der Waals surface area contributed by atoms with Gasteiger partial charge in [-0.2, -0.15) is 0 Å². The second kappa shape index (κ2) is 5.35. The number of benzene rings is 1. The molecule has 21 heavy (non-hydrogen) atoms. The zero-order chi connectivity index (χ0) is 15.0. The van der Waals surface area contributed by atoms with Crippen LogP contribution in [0.15, 0.2) is 18.2 Å². The van der Waals surface area contributed by atoms with E-state index in [1.165, 1.54) is 0 Å². The van der Waals surface area contributed by atoms with E-state index in [1.54, 1.807) is 6.92 Å². The summed E-state index contributed by atoms with van der Waals surface area (Å²) >= 11 is 0. The van der Waals surface area contributed by atoms with E-state index in [-0.39, 0.29) is 18.3 Å². The summed E-state index contributed by atoms with van der Waals surface area (Å²) in [6.45, 7) is 4.29. The van der Waals surface area contributed by atoms with E-state index >= 15 is 0 Å². The number of Topliss-reactive ketones (excluding diaryl/α,β-unsaturated/α-hetero) is 1. The molecule has 1 aliphatic carbocycles. The van der Waals surface area contributed by atoms with Crippen LogP contribution in [0.25, 0.3) is 10.9 Å². The van der Waals surface area contributed by atoms with Gasteiger partial charge in [-0.1, -0.05) is 11.6 Å². The van der Waals surface area contributed by atoms with Crippen molar-refractivity contribution in [1.29, 1.82) is 0 Å². The highest BCUT2D eigenvalue weighted by molar-refractivity contribution is 6.04. The third kappa shape index (κ3) is 2.35. The fourth-order valence-corrected chi connectivity index (χ4v) is 3.15. The first-order valence-electron chi connectivity index (χ1n) is 7.42. The highest BCUT2D eigenvalue weighted by atomic mass is 16.5. The van der Waals surface area contributed by atoms with E-state index in [9.17, 15) is 9.59 Å². The van der Waals surface area contributed by atoms with Gasteiger partial charge in [0.15, 0.2) is 5.78 Å². The summed E-state index contributed by atoms with van der Waals surface area (Å²) < 4.78 is 6.88. The zero-order valence-electron chi connectivity index (χ0n) is 12.4. The Labute approximate surface area is 123 Å². The molecule has 4 nitrogen and oxygen atoms in total. The Kier molecular flexibility index (Phi) is 3.53. The van der Waals surface area contributed by atoms with Crippen molar-refractivity contribution in [2.24, 2.45) is 0 Å². The number of aryl methyl sites for hydroxylation is 2. The molecule has 3 rings (SSSR count).